The molecule has 0 aliphatic heterocycles. The van der Waals surface area contributed by atoms with E-state index in [9.17, 15) is 8.42 Å². The first-order valence-corrected chi connectivity index (χ1v) is 9.60. The molecule has 0 aliphatic carbocycles. The van der Waals surface area contributed by atoms with Gasteiger partial charge in [-0.2, -0.15) is 0 Å². The van der Waals surface area contributed by atoms with Crippen LogP contribution in [-0.2, 0) is 16.4 Å². The van der Waals surface area contributed by atoms with Crippen LogP contribution in [0.25, 0.3) is 10.9 Å². The van der Waals surface area contributed by atoms with Crippen molar-refractivity contribution in [1.82, 2.24) is 9.71 Å². The van der Waals surface area contributed by atoms with Gasteiger partial charge in [-0.15, -0.1) is 0 Å². The summed E-state index contributed by atoms with van der Waals surface area (Å²) in [5, 5.41) is 1.06. The number of hydrogen-bond donors (Lipinski definition) is 2. The Morgan fingerprint density at radius 2 is 1.80 bits per heavy atom. The number of aryl methyl sites for hydroxylation is 2. The molecule has 2 aromatic carbocycles. The summed E-state index contributed by atoms with van der Waals surface area (Å²) in [6.07, 6.45) is 0.601. The van der Waals surface area contributed by atoms with Crippen LogP contribution in [0.3, 0.4) is 0 Å². The van der Waals surface area contributed by atoms with E-state index in [4.69, 9.17) is 4.74 Å². The summed E-state index contributed by atoms with van der Waals surface area (Å²) in [6.45, 7) is 4.26. The van der Waals surface area contributed by atoms with Crippen molar-refractivity contribution in [1.29, 1.82) is 0 Å². The van der Waals surface area contributed by atoms with E-state index in [1.54, 1.807) is 31.4 Å². The molecular weight excluding hydrogens is 336 g/mol. The second kappa shape index (κ2) is 6.90. The normalized spacial score (nSPS) is 11.8. The Kier molecular flexibility index (Phi) is 4.83. The van der Waals surface area contributed by atoms with E-state index >= 15 is 0 Å². The van der Waals surface area contributed by atoms with Gasteiger partial charge in [-0.1, -0.05) is 17.7 Å². The van der Waals surface area contributed by atoms with Gasteiger partial charge in [0.2, 0.25) is 10.0 Å². The molecular formula is C19H22N2O3S. The predicted molar refractivity (Wildman–Crippen MR) is 99.7 cm³/mol. The molecule has 1 heterocycles. The molecule has 0 amide bonds. The fraction of sp³-hybridized carbons (Fsp3) is 0.263. The fourth-order valence-electron chi connectivity index (χ4n) is 2.92. The van der Waals surface area contributed by atoms with Crippen LogP contribution >= 0.6 is 0 Å². The zero-order valence-electron chi connectivity index (χ0n) is 14.6. The molecule has 1 aromatic heterocycles. The molecule has 0 aliphatic rings. The average molecular weight is 358 g/mol. The van der Waals surface area contributed by atoms with Crippen molar-refractivity contribution in [3.8, 4) is 5.75 Å². The lowest BCUT2D eigenvalue weighted by Gasteiger charge is -2.08. The van der Waals surface area contributed by atoms with E-state index in [0.29, 0.717) is 13.0 Å². The quantitative estimate of drug-likeness (QED) is 0.710. The van der Waals surface area contributed by atoms with Crippen LogP contribution in [0.5, 0.6) is 5.75 Å². The SMILES string of the molecule is COc1ccc2[nH]c(C)c(CCNS(=O)(=O)c3ccc(C)cc3)c2c1. The highest BCUT2D eigenvalue weighted by Gasteiger charge is 2.15. The van der Waals surface area contributed by atoms with Crippen LogP contribution in [0, 0.1) is 13.8 Å². The molecule has 0 spiro atoms. The van der Waals surface area contributed by atoms with E-state index in [-0.39, 0.29) is 4.90 Å². The van der Waals surface area contributed by atoms with Crippen LogP contribution in [0.4, 0.5) is 0 Å². The Labute approximate surface area is 148 Å². The van der Waals surface area contributed by atoms with Gasteiger partial charge in [-0.05, 0) is 56.2 Å². The molecule has 0 saturated heterocycles. The molecule has 3 rings (SSSR count). The number of benzene rings is 2. The third kappa shape index (κ3) is 3.70. The van der Waals surface area contributed by atoms with E-state index in [2.05, 4.69) is 9.71 Å². The highest BCUT2D eigenvalue weighted by molar-refractivity contribution is 7.89. The smallest absolute Gasteiger partial charge is 0.240 e. The maximum Gasteiger partial charge on any atom is 0.240 e. The molecule has 6 heteroatoms. The minimum Gasteiger partial charge on any atom is -0.497 e. The lowest BCUT2D eigenvalue weighted by molar-refractivity contribution is 0.415. The van der Waals surface area contributed by atoms with Crippen molar-refractivity contribution < 1.29 is 13.2 Å². The van der Waals surface area contributed by atoms with Crippen LogP contribution in [0.2, 0.25) is 0 Å². The Balaban J connectivity index is 1.76. The van der Waals surface area contributed by atoms with Gasteiger partial charge in [0.25, 0.3) is 0 Å². The third-order valence-corrected chi connectivity index (χ3v) is 5.80. The van der Waals surface area contributed by atoms with Gasteiger partial charge in [0, 0.05) is 23.1 Å². The molecule has 132 valence electrons. The number of nitrogens with one attached hydrogen (secondary N) is 2. The summed E-state index contributed by atoms with van der Waals surface area (Å²) in [4.78, 5) is 3.62. The molecule has 0 atom stereocenters. The van der Waals surface area contributed by atoms with E-state index in [1.807, 2.05) is 32.0 Å². The Hall–Kier alpha value is -2.31. The molecule has 0 saturated carbocycles. The molecule has 0 unspecified atom stereocenters. The second-order valence-corrected chi connectivity index (χ2v) is 7.87. The summed E-state index contributed by atoms with van der Waals surface area (Å²) in [5.74, 6) is 0.785. The first kappa shape index (κ1) is 17.5. The molecule has 0 bridgehead atoms. The molecule has 0 fully saturated rings. The van der Waals surface area contributed by atoms with Crippen molar-refractivity contribution in [2.24, 2.45) is 0 Å². The number of ether oxygens (including phenoxy) is 1. The monoisotopic (exact) mass is 358 g/mol. The average Bonchev–Trinajstić information content (AvgIpc) is 2.90. The minimum atomic E-state index is -3.49. The van der Waals surface area contributed by atoms with Crippen LogP contribution in [0.1, 0.15) is 16.8 Å². The summed E-state index contributed by atoms with van der Waals surface area (Å²) >= 11 is 0. The van der Waals surface area contributed by atoms with Crippen molar-refractivity contribution in [3.05, 3.63) is 59.3 Å². The number of methoxy groups -OCH3 is 1. The van der Waals surface area contributed by atoms with Gasteiger partial charge < -0.3 is 9.72 Å². The van der Waals surface area contributed by atoms with Gasteiger partial charge in [-0.3, -0.25) is 0 Å². The predicted octanol–water partition coefficient (Wildman–Crippen LogP) is 3.31. The third-order valence-electron chi connectivity index (χ3n) is 4.33. The number of aromatic nitrogens is 1. The topological polar surface area (TPSA) is 71.2 Å². The van der Waals surface area contributed by atoms with Gasteiger partial charge in [0.15, 0.2) is 0 Å². The number of fused-ring (bicyclic) bond motifs is 1. The minimum absolute atomic E-state index is 0.287. The molecule has 0 radical (unpaired) electrons. The Morgan fingerprint density at radius 3 is 2.48 bits per heavy atom. The van der Waals surface area contributed by atoms with Crippen molar-refractivity contribution in [2.45, 2.75) is 25.2 Å². The summed E-state index contributed by atoms with van der Waals surface area (Å²) in [6, 6.07) is 12.7. The number of aromatic amines is 1. The first-order valence-electron chi connectivity index (χ1n) is 8.12. The van der Waals surface area contributed by atoms with Crippen molar-refractivity contribution >= 4 is 20.9 Å². The largest absolute Gasteiger partial charge is 0.497 e. The lowest BCUT2D eigenvalue weighted by Crippen LogP contribution is -2.26. The van der Waals surface area contributed by atoms with Gasteiger partial charge in [-0.25, -0.2) is 13.1 Å². The molecule has 3 aromatic rings. The maximum absolute atomic E-state index is 12.4. The zero-order valence-corrected chi connectivity index (χ0v) is 15.4. The van der Waals surface area contributed by atoms with Crippen LogP contribution in [-0.4, -0.2) is 27.1 Å². The van der Waals surface area contributed by atoms with E-state index < -0.39 is 10.0 Å². The van der Waals surface area contributed by atoms with E-state index in [1.165, 1.54) is 0 Å². The highest BCUT2D eigenvalue weighted by Crippen LogP contribution is 2.26. The van der Waals surface area contributed by atoms with Gasteiger partial charge >= 0.3 is 0 Å². The van der Waals surface area contributed by atoms with Gasteiger partial charge in [0.05, 0.1) is 12.0 Å². The molecule has 2 N–H and O–H groups in total. The first-order chi connectivity index (χ1) is 11.9. The Morgan fingerprint density at radius 1 is 1.08 bits per heavy atom. The fourth-order valence-corrected chi connectivity index (χ4v) is 3.95. The van der Waals surface area contributed by atoms with Crippen LogP contribution < -0.4 is 9.46 Å². The summed E-state index contributed by atoms with van der Waals surface area (Å²) in [5.41, 5.74) is 4.19. The highest BCUT2D eigenvalue weighted by atomic mass is 32.2. The number of hydrogen-bond acceptors (Lipinski definition) is 3. The summed E-state index contributed by atoms with van der Waals surface area (Å²) in [7, 11) is -1.86. The zero-order chi connectivity index (χ0) is 18.0. The number of rotatable bonds is 6. The van der Waals surface area contributed by atoms with Gasteiger partial charge in [0.1, 0.15) is 5.75 Å². The van der Waals surface area contributed by atoms with E-state index in [0.717, 1.165) is 33.5 Å². The number of sulfonamides is 1. The number of H-pyrrole nitrogens is 1. The molecule has 25 heavy (non-hydrogen) atoms. The maximum atomic E-state index is 12.4. The second-order valence-electron chi connectivity index (χ2n) is 6.10. The van der Waals surface area contributed by atoms with Crippen molar-refractivity contribution in [3.63, 3.8) is 0 Å². The molecule has 5 nitrogen and oxygen atoms in total. The lowest BCUT2D eigenvalue weighted by atomic mass is 10.1. The standard InChI is InChI=1S/C19H22N2O3S/c1-13-4-7-16(8-5-13)25(22,23)20-11-10-17-14(2)21-19-9-6-15(24-3)12-18(17)19/h4-9,12,20-21H,10-11H2,1-3H3. The van der Waals surface area contributed by atoms with Crippen LogP contribution in [0.15, 0.2) is 47.4 Å². The Bertz CT molecular complexity index is 989. The van der Waals surface area contributed by atoms with Crippen molar-refractivity contribution in [2.75, 3.05) is 13.7 Å². The summed E-state index contributed by atoms with van der Waals surface area (Å²) < 4.78 is 32.7.